The average molecular weight is 537 g/mol. The lowest BCUT2D eigenvalue weighted by Gasteiger charge is -2.33. The molecule has 4 rings (SSSR count). The fraction of sp³-hybridized carbons (Fsp3) is 0.355. The predicted octanol–water partition coefficient (Wildman–Crippen LogP) is 6.12. The molecule has 5 nitrogen and oxygen atoms in total. The number of rotatable bonds is 10. The topological polar surface area (TPSA) is 58.6 Å². The lowest BCUT2D eigenvalue weighted by molar-refractivity contribution is -0.141. The van der Waals surface area contributed by atoms with Crippen molar-refractivity contribution >= 4 is 23.4 Å². The van der Waals surface area contributed by atoms with Gasteiger partial charge >= 0.3 is 0 Å². The van der Waals surface area contributed by atoms with Gasteiger partial charge in [-0.3, -0.25) is 9.59 Å². The zero-order chi connectivity index (χ0) is 26.9. The molecule has 200 valence electrons. The summed E-state index contributed by atoms with van der Waals surface area (Å²) in [6.45, 7) is 0.164. The number of carbonyl (C=O) groups is 2. The van der Waals surface area contributed by atoms with Gasteiger partial charge < -0.3 is 15.0 Å². The molecule has 1 atom stereocenters. The minimum absolute atomic E-state index is 0.0873. The van der Waals surface area contributed by atoms with Crippen LogP contribution in [0, 0.1) is 5.82 Å². The first-order valence-corrected chi connectivity index (χ1v) is 13.5. The summed E-state index contributed by atoms with van der Waals surface area (Å²) < 4.78 is 20.0. The molecule has 0 heterocycles. The fourth-order valence-corrected chi connectivity index (χ4v) is 5.25. The van der Waals surface area contributed by atoms with E-state index >= 15 is 0 Å². The van der Waals surface area contributed by atoms with Crippen LogP contribution >= 0.6 is 11.6 Å². The van der Waals surface area contributed by atoms with Gasteiger partial charge in [0.05, 0.1) is 13.5 Å². The molecular weight excluding hydrogens is 503 g/mol. The van der Waals surface area contributed by atoms with E-state index in [0.29, 0.717) is 12.2 Å². The Morgan fingerprint density at radius 2 is 1.71 bits per heavy atom. The second-order valence-corrected chi connectivity index (χ2v) is 10.2. The Morgan fingerprint density at radius 3 is 2.42 bits per heavy atom. The van der Waals surface area contributed by atoms with Gasteiger partial charge in [-0.2, -0.15) is 0 Å². The van der Waals surface area contributed by atoms with Crippen LogP contribution < -0.4 is 10.1 Å². The molecule has 1 saturated carbocycles. The summed E-state index contributed by atoms with van der Waals surface area (Å²) in [5.74, 6) is -0.465. The summed E-state index contributed by atoms with van der Waals surface area (Å²) in [5.41, 5.74) is 1.87. The lowest BCUT2D eigenvalue weighted by Crippen LogP contribution is -2.53. The van der Waals surface area contributed by atoms with Gasteiger partial charge in [-0.1, -0.05) is 79.4 Å². The molecule has 1 aliphatic carbocycles. The van der Waals surface area contributed by atoms with E-state index in [4.69, 9.17) is 16.3 Å². The number of benzene rings is 3. The van der Waals surface area contributed by atoms with E-state index in [0.717, 1.165) is 36.8 Å². The molecule has 0 aromatic heterocycles. The molecule has 3 aromatic rings. The SMILES string of the molecule is COc1cccc(CN(C(=O)Cc2c(F)cccc2Cl)[C@H](Cc2ccccc2)C(=O)NC2CCCCC2)c1. The molecule has 0 radical (unpaired) electrons. The standard InChI is InChI=1S/C31H34ClFN2O3/c1-38-25-15-8-12-23(18-25)21-35(30(36)20-26-27(32)16-9-17-28(26)33)29(19-22-10-4-2-5-11-22)31(37)34-24-13-6-3-7-14-24/h2,4-5,8-12,15-18,24,29H,3,6-7,13-14,19-21H2,1H3,(H,34,37)/t29-/m1/s1. The van der Waals surface area contributed by atoms with Crippen molar-refractivity contribution in [3.05, 3.63) is 100 Å². The van der Waals surface area contributed by atoms with Gasteiger partial charge in [0.25, 0.3) is 0 Å². The van der Waals surface area contributed by atoms with Crippen molar-refractivity contribution < 1.29 is 18.7 Å². The number of ether oxygens (including phenoxy) is 1. The lowest BCUT2D eigenvalue weighted by atomic mass is 9.94. The highest BCUT2D eigenvalue weighted by molar-refractivity contribution is 6.31. The van der Waals surface area contributed by atoms with E-state index in [2.05, 4.69) is 5.32 Å². The van der Waals surface area contributed by atoms with Crippen molar-refractivity contribution in [1.82, 2.24) is 10.2 Å². The van der Waals surface area contributed by atoms with Crippen LogP contribution in [0.4, 0.5) is 4.39 Å². The monoisotopic (exact) mass is 536 g/mol. The van der Waals surface area contributed by atoms with Crippen LogP contribution in [-0.4, -0.2) is 35.9 Å². The number of carbonyl (C=O) groups excluding carboxylic acids is 2. The van der Waals surface area contributed by atoms with E-state index in [1.807, 2.05) is 54.6 Å². The van der Waals surface area contributed by atoms with Gasteiger partial charge in [0.1, 0.15) is 17.6 Å². The van der Waals surface area contributed by atoms with E-state index in [9.17, 15) is 14.0 Å². The van der Waals surface area contributed by atoms with Crippen LogP contribution in [0.25, 0.3) is 0 Å². The van der Waals surface area contributed by atoms with Crippen LogP contribution in [0.5, 0.6) is 5.75 Å². The molecule has 1 fully saturated rings. The quantitative estimate of drug-likeness (QED) is 0.339. The number of halogens is 2. The molecule has 0 aliphatic heterocycles. The first-order chi connectivity index (χ1) is 18.4. The maximum Gasteiger partial charge on any atom is 0.243 e. The number of nitrogens with zero attached hydrogens (tertiary/aromatic N) is 1. The number of methoxy groups -OCH3 is 1. The van der Waals surface area contributed by atoms with Gasteiger partial charge in [-0.05, 0) is 48.2 Å². The second-order valence-electron chi connectivity index (χ2n) is 9.80. The van der Waals surface area contributed by atoms with Crippen LogP contribution in [0.1, 0.15) is 48.8 Å². The summed E-state index contributed by atoms with van der Waals surface area (Å²) in [5, 5.41) is 3.40. The molecule has 0 unspecified atom stereocenters. The number of hydrogen-bond acceptors (Lipinski definition) is 3. The van der Waals surface area contributed by atoms with Crippen molar-refractivity contribution in [2.45, 2.75) is 63.6 Å². The Morgan fingerprint density at radius 1 is 1.00 bits per heavy atom. The third-order valence-corrected chi connectivity index (χ3v) is 7.45. The highest BCUT2D eigenvalue weighted by Gasteiger charge is 2.32. The van der Waals surface area contributed by atoms with Crippen molar-refractivity contribution in [2.24, 2.45) is 0 Å². The van der Waals surface area contributed by atoms with Crippen LogP contribution in [0.3, 0.4) is 0 Å². The van der Waals surface area contributed by atoms with Crippen molar-refractivity contribution in [3.63, 3.8) is 0 Å². The third-order valence-electron chi connectivity index (χ3n) is 7.10. The molecule has 0 bridgehead atoms. The second kappa shape index (κ2) is 13.4. The van der Waals surface area contributed by atoms with E-state index < -0.39 is 11.9 Å². The largest absolute Gasteiger partial charge is 0.497 e. The van der Waals surface area contributed by atoms with Crippen LogP contribution in [0.15, 0.2) is 72.8 Å². The summed E-state index contributed by atoms with van der Waals surface area (Å²) in [6.07, 6.45) is 5.26. The first kappa shape index (κ1) is 27.6. The van der Waals surface area contributed by atoms with Crippen LogP contribution in [-0.2, 0) is 29.0 Å². The number of amides is 2. The highest BCUT2D eigenvalue weighted by Crippen LogP contribution is 2.24. The normalized spacial score (nSPS) is 14.5. The third kappa shape index (κ3) is 7.35. The summed E-state index contributed by atoms with van der Waals surface area (Å²) in [4.78, 5) is 29.3. The van der Waals surface area contributed by atoms with Crippen molar-refractivity contribution in [3.8, 4) is 5.75 Å². The van der Waals surface area contributed by atoms with Gasteiger partial charge in [-0.25, -0.2) is 4.39 Å². The Balaban J connectivity index is 1.69. The molecular formula is C31H34ClFN2O3. The molecule has 1 aliphatic rings. The Bertz CT molecular complexity index is 1210. The minimum atomic E-state index is -0.788. The number of hydrogen-bond donors (Lipinski definition) is 1. The van der Waals surface area contributed by atoms with E-state index in [-0.39, 0.29) is 41.4 Å². The minimum Gasteiger partial charge on any atom is -0.497 e. The van der Waals surface area contributed by atoms with Crippen molar-refractivity contribution in [1.29, 1.82) is 0 Å². The predicted molar refractivity (Wildman–Crippen MR) is 148 cm³/mol. The van der Waals surface area contributed by atoms with E-state index in [1.54, 1.807) is 18.1 Å². The Labute approximate surface area is 228 Å². The molecule has 1 N–H and O–H groups in total. The van der Waals surface area contributed by atoms with Gasteiger partial charge in [0.15, 0.2) is 0 Å². The molecule has 2 amide bonds. The number of nitrogens with one attached hydrogen (secondary N) is 1. The smallest absolute Gasteiger partial charge is 0.243 e. The Kier molecular flexibility index (Phi) is 9.77. The zero-order valence-corrected chi connectivity index (χ0v) is 22.4. The molecule has 0 spiro atoms. The van der Waals surface area contributed by atoms with Crippen LogP contribution in [0.2, 0.25) is 5.02 Å². The van der Waals surface area contributed by atoms with Gasteiger partial charge in [-0.15, -0.1) is 0 Å². The molecule has 3 aromatic carbocycles. The first-order valence-electron chi connectivity index (χ1n) is 13.1. The fourth-order valence-electron chi connectivity index (χ4n) is 5.02. The van der Waals surface area contributed by atoms with Crippen molar-refractivity contribution in [2.75, 3.05) is 7.11 Å². The Hall–Kier alpha value is -3.38. The summed E-state index contributed by atoms with van der Waals surface area (Å²) in [6, 6.07) is 20.7. The average Bonchev–Trinajstić information content (AvgIpc) is 2.94. The molecule has 38 heavy (non-hydrogen) atoms. The van der Waals surface area contributed by atoms with Gasteiger partial charge in [0, 0.05) is 29.6 Å². The maximum absolute atomic E-state index is 14.7. The zero-order valence-electron chi connectivity index (χ0n) is 21.7. The molecule has 7 heteroatoms. The van der Waals surface area contributed by atoms with E-state index in [1.165, 1.54) is 18.6 Å². The molecule has 0 saturated heterocycles. The summed E-state index contributed by atoms with van der Waals surface area (Å²) in [7, 11) is 1.58. The summed E-state index contributed by atoms with van der Waals surface area (Å²) >= 11 is 6.27. The maximum atomic E-state index is 14.7. The van der Waals surface area contributed by atoms with Gasteiger partial charge in [0.2, 0.25) is 11.8 Å². The highest BCUT2D eigenvalue weighted by atomic mass is 35.5.